The predicted octanol–water partition coefficient (Wildman–Crippen LogP) is 2.67. The predicted molar refractivity (Wildman–Crippen MR) is 79.7 cm³/mol. The van der Waals surface area contributed by atoms with Crippen molar-refractivity contribution >= 4 is 11.8 Å². The van der Waals surface area contributed by atoms with Gasteiger partial charge in [0.2, 0.25) is 0 Å². The van der Waals surface area contributed by atoms with Crippen molar-refractivity contribution in [3.05, 3.63) is 47.8 Å². The lowest BCUT2D eigenvalue weighted by Gasteiger charge is -2.12. The molecule has 0 radical (unpaired) electrons. The monoisotopic (exact) mass is 273 g/mol. The highest BCUT2D eigenvalue weighted by Crippen LogP contribution is 2.38. The normalized spacial score (nSPS) is 17.6. The number of nitrogens with one attached hydrogen (secondary N) is 1. The molecule has 0 spiro atoms. The van der Waals surface area contributed by atoms with E-state index in [1.54, 1.807) is 0 Å². The van der Waals surface area contributed by atoms with E-state index < -0.39 is 0 Å². The van der Waals surface area contributed by atoms with Gasteiger partial charge in [0.05, 0.1) is 12.7 Å². The highest BCUT2D eigenvalue weighted by molar-refractivity contribution is 7.99. The number of rotatable bonds is 5. The quantitative estimate of drug-likeness (QED) is 0.849. The van der Waals surface area contributed by atoms with Crippen molar-refractivity contribution in [3.8, 4) is 0 Å². The van der Waals surface area contributed by atoms with Crippen LogP contribution in [0.1, 0.15) is 17.0 Å². The van der Waals surface area contributed by atoms with Crippen LogP contribution in [0.4, 0.5) is 0 Å². The van der Waals surface area contributed by atoms with Gasteiger partial charge in [-0.25, -0.2) is 0 Å². The molecular weight excluding hydrogens is 254 g/mol. The summed E-state index contributed by atoms with van der Waals surface area (Å²) in [4.78, 5) is 1.46. The van der Waals surface area contributed by atoms with E-state index in [9.17, 15) is 0 Å². The van der Waals surface area contributed by atoms with Crippen LogP contribution in [0.15, 0.2) is 41.6 Å². The summed E-state index contributed by atoms with van der Waals surface area (Å²) in [7, 11) is 0. The minimum Gasteiger partial charge on any atom is -0.314 e. The van der Waals surface area contributed by atoms with Crippen LogP contribution in [0.25, 0.3) is 0 Å². The Bertz CT molecular complexity index is 550. The van der Waals surface area contributed by atoms with E-state index in [-0.39, 0.29) is 0 Å². The first-order chi connectivity index (χ1) is 9.33. The second kappa shape index (κ2) is 5.80. The van der Waals surface area contributed by atoms with E-state index in [2.05, 4.69) is 47.8 Å². The zero-order chi connectivity index (χ0) is 13.1. The molecule has 4 heteroatoms. The molecule has 0 saturated heterocycles. The van der Waals surface area contributed by atoms with Crippen LogP contribution in [0.3, 0.4) is 0 Å². The Labute approximate surface area is 118 Å². The first-order valence-electron chi connectivity index (χ1n) is 6.74. The third kappa shape index (κ3) is 3.01. The lowest BCUT2D eigenvalue weighted by atomic mass is 10.0. The first kappa shape index (κ1) is 12.8. The molecule has 1 atom stereocenters. The summed E-state index contributed by atoms with van der Waals surface area (Å²) in [5.41, 5.74) is 2.73. The van der Waals surface area contributed by atoms with Crippen LogP contribution in [-0.2, 0) is 6.54 Å². The van der Waals surface area contributed by atoms with Crippen LogP contribution in [0, 0.1) is 6.92 Å². The Hall–Kier alpha value is -1.26. The van der Waals surface area contributed by atoms with Gasteiger partial charge in [-0.2, -0.15) is 5.10 Å². The van der Waals surface area contributed by atoms with Gasteiger partial charge in [-0.1, -0.05) is 18.2 Å². The Balaban J connectivity index is 1.46. The molecule has 1 aromatic heterocycles. The van der Waals surface area contributed by atoms with Crippen molar-refractivity contribution in [2.45, 2.75) is 24.3 Å². The third-order valence-electron chi connectivity index (χ3n) is 3.47. The van der Waals surface area contributed by atoms with Crippen molar-refractivity contribution in [1.29, 1.82) is 0 Å². The van der Waals surface area contributed by atoms with Gasteiger partial charge in [0.15, 0.2) is 0 Å². The average molecular weight is 273 g/mol. The summed E-state index contributed by atoms with van der Waals surface area (Å²) in [6, 6.07) is 8.76. The van der Waals surface area contributed by atoms with Gasteiger partial charge in [0.1, 0.15) is 0 Å². The smallest absolute Gasteiger partial charge is 0.0534 e. The number of aromatic nitrogens is 2. The van der Waals surface area contributed by atoms with E-state index in [4.69, 9.17) is 0 Å². The first-order valence-corrected chi connectivity index (χ1v) is 7.73. The summed E-state index contributed by atoms with van der Waals surface area (Å²) in [6.07, 6.45) is 3.99. The second-order valence-electron chi connectivity index (χ2n) is 5.03. The largest absolute Gasteiger partial charge is 0.314 e. The summed E-state index contributed by atoms with van der Waals surface area (Å²) in [5, 5.41) is 7.85. The van der Waals surface area contributed by atoms with Gasteiger partial charge in [0, 0.05) is 35.9 Å². The molecule has 1 aliphatic heterocycles. The van der Waals surface area contributed by atoms with Crippen LogP contribution >= 0.6 is 11.8 Å². The minimum absolute atomic E-state index is 0.653. The fraction of sp³-hybridized carbons (Fsp3) is 0.400. The lowest BCUT2D eigenvalue weighted by Crippen LogP contribution is -2.25. The van der Waals surface area contributed by atoms with E-state index in [0.717, 1.165) is 19.6 Å². The molecule has 2 heterocycles. The lowest BCUT2D eigenvalue weighted by molar-refractivity contribution is 0.537. The van der Waals surface area contributed by atoms with Gasteiger partial charge in [-0.3, -0.25) is 4.68 Å². The average Bonchev–Trinajstić information content (AvgIpc) is 3.02. The summed E-state index contributed by atoms with van der Waals surface area (Å²) >= 11 is 1.98. The number of nitrogens with zero attached hydrogens (tertiary/aromatic N) is 2. The van der Waals surface area contributed by atoms with Gasteiger partial charge < -0.3 is 5.32 Å². The highest BCUT2D eigenvalue weighted by atomic mass is 32.2. The SMILES string of the molecule is Cc1cnn(CCNCC2CSc3ccccc32)c1. The Kier molecular flexibility index (Phi) is 3.89. The van der Waals surface area contributed by atoms with E-state index in [0.29, 0.717) is 5.92 Å². The maximum absolute atomic E-state index is 4.29. The van der Waals surface area contributed by atoms with Gasteiger partial charge in [0.25, 0.3) is 0 Å². The molecule has 3 rings (SSSR count). The second-order valence-corrected chi connectivity index (χ2v) is 6.09. The molecule has 19 heavy (non-hydrogen) atoms. The van der Waals surface area contributed by atoms with E-state index >= 15 is 0 Å². The maximum atomic E-state index is 4.29. The van der Waals surface area contributed by atoms with E-state index in [1.165, 1.54) is 21.8 Å². The molecule has 0 bridgehead atoms. The molecule has 0 saturated carbocycles. The van der Waals surface area contributed by atoms with Crippen LogP contribution in [-0.4, -0.2) is 28.6 Å². The number of benzene rings is 1. The fourth-order valence-electron chi connectivity index (χ4n) is 2.46. The molecular formula is C15H19N3S. The zero-order valence-electron chi connectivity index (χ0n) is 11.2. The highest BCUT2D eigenvalue weighted by Gasteiger charge is 2.21. The van der Waals surface area contributed by atoms with Crippen molar-refractivity contribution in [2.75, 3.05) is 18.8 Å². The molecule has 1 unspecified atom stereocenters. The van der Waals surface area contributed by atoms with E-state index in [1.807, 2.05) is 22.6 Å². The fourth-order valence-corrected chi connectivity index (χ4v) is 3.71. The Morgan fingerprint density at radius 1 is 1.42 bits per heavy atom. The molecule has 100 valence electrons. The summed E-state index contributed by atoms with van der Waals surface area (Å²) in [6.45, 7) is 5.05. The van der Waals surface area contributed by atoms with Crippen molar-refractivity contribution in [1.82, 2.24) is 15.1 Å². The molecule has 3 nitrogen and oxygen atoms in total. The minimum atomic E-state index is 0.653. The zero-order valence-corrected chi connectivity index (χ0v) is 12.0. The Morgan fingerprint density at radius 2 is 2.32 bits per heavy atom. The number of aryl methyl sites for hydroxylation is 1. The molecule has 2 aromatic rings. The van der Waals surface area contributed by atoms with Crippen molar-refractivity contribution in [2.24, 2.45) is 0 Å². The molecule has 1 N–H and O–H groups in total. The third-order valence-corrected chi connectivity index (χ3v) is 4.72. The topological polar surface area (TPSA) is 29.9 Å². The van der Waals surface area contributed by atoms with Crippen molar-refractivity contribution < 1.29 is 0 Å². The van der Waals surface area contributed by atoms with Crippen LogP contribution < -0.4 is 5.32 Å². The maximum Gasteiger partial charge on any atom is 0.0534 e. The van der Waals surface area contributed by atoms with Gasteiger partial charge in [-0.15, -0.1) is 11.8 Å². The van der Waals surface area contributed by atoms with Gasteiger partial charge in [-0.05, 0) is 24.1 Å². The van der Waals surface area contributed by atoms with Crippen LogP contribution in [0.5, 0.6) is 0 Å². The number of thioether (sulfide) groups is 1. The van der Waals surface area contributed by atoms with Crippen molar-refractivity contribution in [3.63, 3.8) is 0 Å². The molecule has 0 aliphatic carbocycles. The summed E-state index contributed by atoms with van der Waals surface area (Å²) < 4.78 is 2.00. The Morgan fingerprint density at radius 3 is 3.16 bits per heavy atom. The molecule has 1 aromatic carbocycles. The molecule has 0 amide bonds. The number of hydrogen-bond acceptors (Lipinski definition) is 3. The number of fused-ring (bicyclic) bond motifs is 1. The molecule has 0 fully saturated rings. The standard InChI is InChI=1S/C15H19N3S/c1-12-8-17-18(10-12)7-6-16-9-13-11-19-15-5-3-2-4-14(13)15/h2-5,8,10,13,16H,6-7,9,11H2,1H3. The van der Waals surface area contributed by atoms with Crippen LogP contribution in [0.2, 0.25) is 0 Å². The summed E-state index contributed by atoms with van der Waals surface area (Å²) in [5.74, 6) is 1.85. The number of hydrogen-bond donors (Lipinski definition) is 1. The van der Waals surface area contributed by atoms with Gasteiger partial charge >= 0.3 is 0 Å². The molecule has 1 aliphatic rings.